The summed E-state index contributed by atoms with van der Waals surface area (Å²) in [5, 5.41) is 3.54. The minimum Gasteiger partial charge on any atom is -0.490 e. The van der Waals surface area contributed by atoms with Gasteiger partial charge in [-0.3, -0.25) is 0 Å². The Kier molecular flexibility index (Phi) is 8.12. The topological polar surface area (TPSA) is 30.5 Å². The van der Waals surface area contributed by atoms with E-state index in [0.717, 1.165) is 43.9 Å². The normalized spacial score (nSPS) is 12.4. The molecule has 0 amide bonds. The maximum absolute atomic E-state index is 5.99. The molecule has 114 valence electrons. The Hall–Kier alpha value is -1.22. The molecule has 0 bridgehead atoms. The Bertz CT molecular complexity index is 364. The third-order valence-electron chi connectivity index (χ3n) is 3.32. The summed E-state index contributed by atoms with van der Waals surface area (Å²) in [6.45, 7) is 10.2. The van der Waals surface area contributed by atoms with Crippen LogP contribution in [0.25, 0.3) is 0 Å². The van der Waals surface area contributed by atoms with Gasteiger partial charge in [0, 0.05) is 12.6 Å². The summed E-state index contributed by atoms with van der Waals surface area (Å²) in [6, 6.07) is 8.47. The second kappa shape index (κ2) is 9.65. The summed E-state index contributed by atoms with van der Waals surface area (Å²) in [5.74, 6) is 1.67. The van der Waals surface area contributed by atoms with Crippen LogP contribution in [0.3, 0.4) is 0 Å². The summed E-state index contributed by atoms with van der Waals surface area (Å²) >= 11 is 0. The van der Waals surface area contributed by atoms with E-state index in [9.17, 15) is 0 Å². The van der Waals surface area contributed by atoms with Crippen molar-refractivity contribution in [2.24, 2.45) is 0 Å². The number of ether oxygens (including phenoxy) is 2. The van der Waals surface area contributed by atoms with Crippen LogP contribution < -0.4 is 14.8 Å². The zero-order valence-corrected chi connectivity index (χ0v) is 13.3. The van der Waals surface area contributed by atoms with Crippen LogP contribution in [0.1, 0.15) is 47.0 Å². The predicted octanol–water partition coefficient (Wildman–Crippen LogP) is 4.02. The third kappa shape index (κ3) is 5.83. The van der Waals surface area contributed by atoms with Gasteiger partial charge in [0.2, 0.25) is 0 Å². The summed E-state index contributed by atoms with van der Waals surface area (Å²) in [4.78, 5) is 0. The zero-order chi connectivity index (χ0) is 14.8. The first kappa shape index (κ1) is 16.8. The highest BCUT2D eigenvalue weighted by Gasteiger charge is 2.10. The zero-order valence-electron chi connectivity index (χ0n) is 13.3. The van der Waals surface area contributed by atoms with Crippen molar-refractivity contribution in [1.29, 1.82) is 0 Å². The minimum absolute atomic E-state index is 0.127. The fourth-order valence-corrected chi connectivity index (χ4v) is 2.05. The first-order chi connectivity index (χ1) is 9.71. The molecule has 0 aliphatic heterocycles. The average molecular weight is 279 g/mol. The average Bonchev–Trinajstić information content (AvgIpc) is 2.47. The molecule has 1 rings (SSSR count). The second-order valence-electron chi connectivity index (χ2n) is 5.15. The van der Waals surface area contributed by atoms with Gasteiger partial charge in [0.05, 0.1) is 6.61 Å². The van der Waals surface area contributed by atoms with Gasteiger partial charge >= 0.3 is 0 Å². The molecule has 0 spiro atoms. The van der Waals surface area contributed by atoms with Crippen LogP contribution >= 0.6 is 0 Å². The van der Waals surface area contributed by atoms with Crippen molar-refractivity contribution in [3.05, 3.63) is 24.3 Å². The van der Waals surface area contributed by atoms with Crippen molar-refractivity contribution in [3.63, 3.8) is 0 Å². The molecular formula is C17H29NO2. The van der Waals surface area contributed by atoms with Crippen LogP contribution in [0, 0.1) is 0 Å². The minimum atomic E-state index is 0.127. The van der Waals surface area contributed by atoms with Gasteiger partial charge in [0.25, 0.3) is 0 Å². The molecule has 1 aromatic carbocycles. The van der Waals surface area contributed by atoms with E-state index < -0.39 is 0 Å². The van der Waals surface area contributed by atoms with Crippen molar-refractivity contribution < 1.29 is 9.47 Å². The second-order valence-corrected chi connectivity index (χ2v) is 5.15. The predicted molar refractivity (Wildman–Crippen MR) is 84.7 cm³/mol. The lowest BCUT2D eigenvalue weighted by molar-refractivity contribution is 0.196. The van der Waals surface area contributed by atoms with Gasteiger partial charge < -0.3 is 14.8 Å². The molecule has 0 radical (unpaired) electrons. The van der Waals surface area contributed by atoms with Gasteiger partial charge in [-0.05, 0) is 38.3 Å². The van der Waals surface area contributed by atoms with Crippen molar-refractivity contribution in [3.8, 4) is 11.5 Å². The monoisotopic (exact) mass is 279 g/mol. The van der Waals surface area contributed by atoms with Crippen LogP contribution in [0.4, 0.5) is 0 Å². The highest BCUT2D eigenvalue weighted by molar-refractivity contribution is 5.39. The lowest BCUT2D eigenvalue weighted by atomic mass is 10.1. The Balaban J connectivity index is 2.50. The fraction of sp³-hybridized carbons (Fsp3) is 0.647. The molecule has 3 heteroatoms. The van der Waals surface area contributed by atoms with Gasteiger partial charge in [0.1, 0.15) is 6.10 Å². The molecule has 0 aromatic heterocycles. The molecule has 1 atom stereocenters. The summed E-state index contributed by atoms with van der Waals surface area (Å²) in [7, 11) is 0. The lowest BCUT2D eigenvalue weighted by Crippen LogP contribution is -2.36. The van der Waals surface area contributed by atoms with Crippen molar-refractivity contribution in [1.82, 2.24) is 5.32 Å². The standard InChI is InChI=1S/C17H29NO2/c1-5-12-19-16-10-8-9-11-17(16)20-14(4)13-18-15(6-2)7-3/h8-11,14-15,18H,5-7,12-13H2,1-4H3. The van der Waals surface area contributed by atoms with Crippen molar-refractivity contribution in [2.45, 2.75) is 59.1 Å². The van der Waals surface area contributed by atoms with Crippen molar-refractivity contribution in [2.75, 3.05) is 13.2 Å². The number of nitrogens with one attached hydrogen (secondary N) is 1. The molecule has 0 heterocycles. The van der Waals surface area contributed by atoms with Gasteiger partial charge in [-0.25, -0.2) is 0 Å². The van der Waals surface area contributed by atoms with E-state index in [0.29, 0.717) is 6.04 Å². The number of para-hydroxylation sites is 2. The highest BCUT2D eigenvalue weighted by atomic mass is 16.5. The van der Waals surface area contributed by atoms with Crippen LogP contribution in [-0.2, 0) is 0 Å². The Morgan fingerprint density at radius 1 is 1.05 bits per heavy atom. The largest absolute Gasteiger partial charge is 0.490 e. The molecule has 0 aliphatic carbocycles. The van der Waals surface area contributed by atoms with E-state index in [1.165, 1.54) is 0 Å². The lowest BCUT2D eigenvalue weighted by Gasteiger charge is -2.21. The molecule has 1 N–H and O–H groups in total. The number of hydrogen-bond acceptors (Lipinski definition) is 3. The quantitative estimate of drug-likeness (QED) is 0.701. The number of hydrogen-bond donors (Lipinski definition) is 1. The molecule has 0 saturated heterocycles. The van der Waals surface area contributed by atoms with E-state index in [2.05, 4.69) is 33.0 Å². The SMILES string of the molecule is CCCOc1ccccc1OC(C)CNC(CC)CC. The molecule has 3 nitrogen and oxygen atoms in total. The smallest absolute Gasteiger partial charge is 0.161 e. The van der Waals surface area contributed by atoms with Crippen LogP contribution in [0.5, 0.6) is 11.5 Å². The maximum Gasteiger partial charge on any atom is 0.161 e. The highest BCUT2D eigenvalue weighted by Crippen LogP contribution is 2.27. The number of benzene rings is 1. The fourth-order valence-electron chi connectivity index (χ4n) is 2.05. The van der Waals surface area contributed by atoms with Crippen molar-refractivity contribution >= 4 is 0 Å². The van der Waals surface area contributed by atoms with Crippen LogP contribution in [0.15, 0.2) is 24.3 Å². The molecular weight excluding hydrogens is 250 g/mol. The van der Waals surface area contributed by atoms with E-state index in [1.807, 2.05) is 24.3 Å². The maximum atomic E-state index is 5.99. The molecule has 0 aliphatic rings. The van der Waals surface area contributed by atoms with Gasteiger partial charge in [-0.2, -0.15) is 0 Å². The molecule has 1 unspecified atom stereocenters. The first-order valence-corrected chi connectivity index (χ1v) is 7.83. The summed E-state index contributed by atoms with van der Waals surface area (Å²) < 4.78 is 11.7. The Morgan fingerprint density at radius 2 is 1.70 bits per heavy atom. The van der Waals surface area contributed by atoms with E-state index in [4.69, 9.17) is 9.47 Å². The van der Waals surface area contributed by atoms with E-state index in [1.54, 1.807) is 0 Å². The Labute approximate surface area is 123 Å². The molecule has 0 fully saturated rings. The van der Waals surface area contributed by atoms with E-state index >= 15 is 0 Å². The number of rotatable bonds is 10. The van der Waals surface area contributed by atoms with Crippen LogP contribution in [0.2, 0.25) is 0 Å². The van der Waals surface area contributed by atoms with Gasteiger partial charge in [-0.15, -0.1) is 0 Å². The Morgan fingerprint density at radius 3 is 2.30 bits per heavy atom. The third-order valence-corrected chi connectivity index (χ3v) is 3.32. The molecule has 0 saturated carbocycles. The summed E-state index contributed by atoms with van der Waals surface area (Å²) in [6.07, 6.45) is 3.43. The van der Waals surface area contributed by atoms with Crippen LogP contribution in [-0.4, -0.2) is 25.3 Å². The summed E-state index contributed by atoms with van der Waals surface area (Å²) in [5.41, 5.74) is 0. The van der Waals surface area contributed by atoms with E-state index in [-0.39, 0.29) is 6.10 Å². The van der Waals surface area contributed by atoms with Gasteiger partial charge in [0.15, 0.2) is 11.5 Å². The molecule has 20 heavy (non-hydrogen) atoms. The first-order valence-electron chi connectivity index (χ1n) is 7.83. The van der Waals surface area contributed by atoms with Gasteiger partial charge in [-0.1, -0.05) is 32.9 Å². The molecule has 1 aromatic rings.